The highest BCUT2D eigenvalue weighted by Crippen LogP contribution is 2.34. The van der Waals surface area contributed by atoms with Gasteiger partial charge in [0.05, 0.1) is 7.11 Å². The van der Waals surface area contributed by atoms with Crippen LogP contribution in [0, 0.1) is 0 Å². The minimum atomic E-state index is -1.05. The first-order valence-electron chi connectivity index (χ1n) is 7.09. The number of carbonyl (C=O) groups is 1. The zero-order valence-electron chi connectivity index (χ0n) is 12.5. The Morgan fingerprint density at radius 3 is 2.35 bits per heavy atom. The Bertz CT molecular complexity index is 756. The van der Waals surface area contributed by atoms with Crippen molar-refractivity contribution in [1.82, 2.24) is 5.32 Å². The number of halogens is 1. The number of aliphatic imine (C=N–C) groups is 1. The van der Waals surface area contributed by atoms with Crippen molar-refractivity contribution in [1.29, 1.82) is 0 Å². The molecule has 1 aliphatic rings. The van der Waals surface area contributed by atoms with Crippen molar-refractivity contribution in [2.24, 2.45) is 10.7 Å². The monoisotopic (exact) mass is 373 g/mol. The van der Waals surface area contributed by atoms with E-state index in [4.69, 9.17) is 10.5 Å². The van der Waals surface area contributed by atoms with Gasteiger partial charge in [0.1, 0.15) is 5.75 Å². The van der Waals surface area contributed by atoms with E-state index in [-0.39, 0.29) is 11.9 Å². The van der Waals surface area contributed by atoms with E-state index in [1.807, 2.05) is 48.5 Å². The Labute approximate surface area is 142 Å². The topological polar surface area (TPSA) is 76.7 Å². The lowest BCUT2D eigenvalue weighted by Crippen LogP contribution is -2.40. The van der Waals surface area contributed by atoms with Crippen molar-refractivity contribution >= 4 is 27.8 Å². The number of methoxy groups -OCH3 is 1. The van der Waals surface area contributed by atoms with Crippen molar-refractivity contribution in [3.63, 3.8) is 0 Å². The largest absolute Gasteiger partial charge is 0.497 e. The van der Waals surface area contributed by atoms with E-state index in [1.54, 1.807) is 7.11 Å². The molecular weight excluding hydrogens is 358 g/mol. The number of amides is 1. The second-order valence-corrected chi connectivity index (χ2v) is 6.26. The van der Waals surface area contributed by atoms with Gasteiger partial charge in [-0.3, -0.25) is 10.1 Å². The number of benzene rings is 2. The summed E-state index contributed by atoms with van der Waals surface area (Å²) in [5.74, 6) is 0.647. The van der Waals surface area contributed by atoms with E-state index in [2.05, 4.69) is 26.2 Å². The van der Waals surface area contributed by atoms with Gasteiger partial charge in [-0.05, 0) is 35.4 Å². The lowest BCUT2D eigenvalue weighted by molar-refractivity contribution is -0.124. The van der Waals surface area contributed by atoms with Crippen molar-refractivity contribution in [3.05, 3.63) is 64.1 Å². The van der Waals surface area contributed by atoms with Gasteiger partial charge in [-0.2, -0.15) is 0 Å². The maximum atomic E-state index is 12.6. The normalized spacial score (nSPS) is 20.1. The van der Waals surface area contributed by atoms with Crippen LogP contribution in [-0.2, 0) is 16.8 Å². The van der Waals surface area contributed by atoms with Crippen LogP contribution in [0.1, 0.15) is 11.1 Å². The van der Waals surface area contributed by atoms with Gasteiger partial charge in [-0.1, -0.05) is 40.2 Å². The Kier molecular flexibility index (Phi) is 4.09. The minimum Gasteiger partial charge on any atom is -0.497 e. The molecule has 2 aromatic rings. The van der Waals surface area contributed by atoms with Gasteiger partial charge in [0.2, 0.25) is 0 Å². The van der Waals surface area contributed by atoms with E-state index >= 15 is 0 Å². The summed E-state index contributed by atoms with van der Waals surface area (Å²) in [5.41, 5.74) is 6.48. The Morgan fingerprint density at radius 2 is 1.83 bits per heavy atom. The van der Waals surface area contributed by atoms with Crippen molar-refractivity contribution < 1.29 is 9.53 Å². The number of guanidine groups is 1. The first-order valence-corrected chi connectivity index (χ1v) is 7.88. The second-order valence-electron chi connectivity index (χ2n) is 5.34. The van der Waals surface area contributed by atoms with Crippen LogP contribution in [0.25, 0.3) is 0 Å². The van der Waals surface area contributed by atoms with Crippen molar-refractivity contribution in [2.45, 2.75) is 12.0 Å². The number of nitrogens with two attached hydrogens (primary N) is 1. The summed E-state index contributed by atoms with van der Waals surface area (Å²) < 4.78 is 6.16. The average Bonchev–Trinajstić information content (AvgIpc) is 2.84. The molecule has 5 nitrogen and oxygen atoms in total. The molecule has 0 radical (unpaired) electrons. The number of nitrogens with one attached hydrogen (secondary N) is 1. The summed E-state index contributed by atoms with van der Waals surface area (Å²) in [5, 5.41) is 2.61. The summed E-state index contributed by atoms with van der Waals surface area (Å²) in [4.78, 5) is 17.0. The molecule has 1 aliphatic heterocycles. The zero-order chi connectivity index (χ0) is 16.4. The number of ether oxygens (including phenoxy) is 1. The van der Waals surface area contributed by atoms with E-state index in [0.29, 0.717) is 6.42 Å². The zero-order valence-corrected chi connectivity index (χ0v) is 14.1. The van der Waals surface area contributed by atoms with Gasteiger partial charge < -0.3 is 10.5 Å². The number of carbonyl (C=O) groups excluding carboxylic acids is 1. The van der Waals surface area contributed by atoms with Crippen LogP contribution in [0.3, 0.4) is 0 Å². The quantitative estimate of drug-likeness (QED) is 0.863. The summed E-state index contributed by atoms with van der Waals surface area (Å²) in [7, 11) is 1.60. The fourth-order valence-corrected chi connectivity index (χ4v) is 2.95. The molecule has 1 amide bonds. The van der Waals surface area contributed by atoms with Gasteiger partial charge in [-0.15, -0.1) is 0 Å². The average molecular weight is 374 g/mol. The standard InChI is InChI=1S/C17H16BrN3O2/c1-23-14-8-4-12(5-9-14)17(15(22)20-16(19)21-17)10-11-2-6-13(18)7-3-11/h2-9H,10H2,1H3,(H3,19,20,21,22). The molecule has 0 spiro atoms. The molecule has 1 unspecified atom stereocenters. The molecule has 118 valence electrons. The molecule has 0 saturated heterocycles. The molecule has 1 heterocycles. The fraction of sp³-hybridized carbons (Fsp3) is 0.176. The number of rotatable bonds is 4. The predicted octanol–water partition coefficient (Wildman–Crippen LogP) is 2.34. The van der Waals surface area contributed by atoms with Crippen LogP contribution >= 0.6 is 15.9 Å². The van der Waals surface area contributed by atoms with E-state index in [1.165, 1.54) is 0 Å². The molecular formula is C17H16BrN3O2. The van der Waals surface area contributed by atoms with Crippen LogP contribution < -0.4 is 15.8 Å². The second kappa shape index (κ2) is 6.04. The first kappa shape index (κ1) is 15.6. The van der Waals surface area contributed by atoms with Gasteiger partial charge >= 0.3 is 0 Å². The van der Waals surface area contributed by atoms with Crippen LogP contribution in [-0.4, -0.2) is 19.0 Å². The van der Waals surface area contributed by atoms with Gasteiger partial charge in [0.15, 0.2) is 11.5 Å². The van der Waals surface area contributed by atoms with Crippen LogP contribution in [0.15, 0.2) is 58.0 Å². The highest BCUT2D eigenvalue weighted by Gasteiger charge is 2.44. The summed E-state index contributed by atoms with van der Waals surface area (Å²) >= 11 is 3.41. The Hall–Kier alpha value is -2.34. The molecule has 2 aromatic carbocycles. The first-order chi connectivity index (χ1) is 11.0. The molecule has 0 aliphatic carbocycles. The highest BCUT2D eigenvalue weighted by atomic mass is 79.9. The maximum Gasteiger partial charge on any atom is 0.259 e. The molecule has 0 saturated carbocycles. The SMILES string of the molecule is COc1ccc(C2(Cc3ccc(Br)cc3)N=C(N)NC2=O)cc1. The molecule has 0 fully saturated rings. The third-order valence-electron chi connectivity index (χ3n) is 3.87. The molecule has 3 rings (SSSR count). The molecule has 0 aromatic heterocycles. The number of nitrogens with zero attached hydrogens (tertiary/aromatic N) is 1. The minimum absolute atomic E-state index is 0.142. The maximum absolute atomic E-state index is 12.6. The third-order valence-corrected chi connectivity index (χ3v) is 4.40. The smallest absolute Gasteiger partial charge is 0.259 e. The highest BCUT2D eigenvalue weighted by molar-refractivity contribution is 9.10. The van der Waals surface area contributed by atoms with Gasteiger partial charge in [0, 0.05) is 10.9 Å². The Morgan fingerprint density at radius 1 is 1.17 bits per heavy atom. The van der Waals surface area contributed by atoms with Crippen LogP contribution in [0.2, 0.25) is 0 Å². The summed E-state index contributed by atoms with van der Waals surface area (Å²) in [6.07, 6.45) is 0.430. The molecule has 23 heavy (non-hydrogen) atoms. The lowest BCUT2D eigenvalue weighted by Gasteiger charge is -2.24. The molecule has 3 N–H and O–H groups in total. The van der Waals surface area contributed by atoms with Crippen LogP contribution in [0.5, 0.6) is 5.75 Å². The fourth-order valence-electron chi connectivity index (χ4n) is 2.69. The predicted molar refractivity (Wildman–Crippen MR) is 92.3 cm³/mol. The van der Waals surface area contributed by atoms with Gasteiger partial charge in [-0.25, -0.2) is 4.99 Å². The molecule has 0 bridgehead atoms. The molecule has 1 atom stereocenters. The summed E-state index contributed by atoms with van der Waals surface area (Å²) in [6.45, 7) is 0. The third kappa shape index (κ3) is 2.94. The van der Waals surface area contributed by atoms with Crippen LogP contribution in [0.4, 0.5) is 0 Å². The van der Waals surface area contributed by atoms with E-state index in [0.717, 1.165) is 21.3 Å². The van der Waals surface area contributed by atoms with E-state index < -0.39 is 5.54 Å². The molecule has 6 heteroatoms. The number of hydrogen-bond acceptors (Lipinski definition) is 4. The lowest BCUT2D eigenvalue weighted by atomic mass is 9.84. The number of hydrogen-bond donors (Lipinski definition) is 2. The van der Waals surface area contributed by atoms with E-state index in [9.17, 15) is 4.79 Å². The summed E-state index contributed by atoms with van der Waals surface area (Å²) in [6, 6.07) is 15.1. The van der Waals surface area contributed by atoms with Gasteiger partial charge in [0.25, 0.3) is 5.91 Å². The Balaban J connectivity index is 2.04. The van der Waals surface area contributed by atoms with Crippen molar-refractivity contribution in [2.75, 3.05) is 7.11 Å². The van der Waals surface area contributed by atoms with Crippen molar-refractivity contribution in [3.8, 4) is 5.75 Å².